The molecule has 5 nitrogen and oxygen atoms in total. The Morgan fingerprint density at radius 3 is 2.52 bits per heavy atom. The molecule has 0 aliphatic carbocycles. The molecule has 0 saturated carbocycles. The second-order valence-corrected chi connectivity index (χ2v) is 8.70. The minimum absolute atomic E-state index is 0.0269. The van der Waals surface area contributed by atoms with E-state index in [0.717, 1.165) is 41.1 Å². The first-order chi connectivity index (χ1) is 14.9. The quantitative estimate of drug-likeness (QED) is 0.474. The molecule has 1 aromatic heterocycles. The van der Waals surface area contributed by atoms with Gasteiger partial charge in [-0.15, -0.1) is 0 Å². The van der Waals surface area contributed by atoms with Gasteiger partial charge in [-0.2, -0.15) is 0 Å². The first-order valence-corrected chi connectivity index (χ1v) is 11.3. The first kappa shape index (κ1) is 23.0. The summed E-state index contributed by atoms with van der Waals surface area (Å²) >= 11 is 6.21. The fourth-order valence-electron chi connectivity index (χ4n) is 3.63. The Hall–Kier alpha value is -2.66. The van der Waals surface area contributed by atoms with Gasteiger partial charge in [-0.1, -0.05) is 62.7 Å². The lowest BCUT2D eigenvalue weighted by atomic mass is 10.1. The summed E-state index contributed by atoms with van der Waals surface area (Å²) in [6.45, 7) is 9.79. The van der Waals surface area contributed by atoms with Crippen molar-refractivity contribution in [2.24, 2.45) is 5.92 Å². The van der Waals surface area contributed by atoms with Crippen LogP contribution in [0.2, 0.25) is 5.02 Å². The van der Waals surface area contributed by atoms with Crippen molar-refractivity contribution in [2.75, 3.05) is 18.0 Å². The summed E-state index contributed by atoms with van der Waals surface area (Å²) in [6, 6.07) is 15.7. The van der Waals surface area contributed by atoms with E-state index in [0.29, 0.717) is 23.9 Å². The van der Waals surface area contributed by atoms with Crippen molar-refractivity contribution in [1.29, 1.82) is 0 Å². The number of amides is 1. The fourth-order valence-corrected chi connectivity index (χ4v) is 3.80. The van der Waals surface area contributed by atoms with Crippen LogP contribution in [0.4, 0.5) is 5.82 Å². The maximum atomic E-state index is 12.7. The highest BCUT2D eigenvalue weighted by Crippen LogP contribution is 2.27. The van der Waals surface area contributed by atoms with Crippen LogP contribution in [-0.4, -0.2) is 29.0 Å². The van der Waals surface area contributed by atoms with E-state index >= 15 is 0 Å². The topological polar surface area (TPSA) is 58.1 Å². The Kier molecular flexibility index (Phi) is 7.85. The van der Waals surface area contributed by atoms with Crippen molar-refractivity contribution < 1.29 is 4.79 Å². The number of anilines is 1. The van der Waals surface area contributed by atoms with Crippen molar-refractivity contribution in [3.63, 3.8) is 0 Å². The average molecular weight is 439 g/mol. The van der Waals surface area contributed by atoms with Gasteiger partial charge in [0.25, 0.3) is 0 Å². The molecule has 0 aliphatic rings. The number of halogens is 1. The molecule has 0 spiro atoms. The van der Waals surface area contributed by atoms with Gasteiger partial charge in [-0.05, 0) is 36.6 Å². The highest BCUT2D eigenvalue weighted by atomic mass is 35.5. The fraction of sp³-hybridized carbons (Fsp3) is 0.400. The number of aromatic nitrogens is 2. The molecule has 3 aromatic rings. The zero-order valence-corrected chi connectivity index (χ0v) is 19.5. The van der Waals surface area contributed by atoms with Gasteiger partial charge >= 0.3 is 0 Å². The van der Waals surface area contributed by atoms with E-state index < -0.39 is 0 Å². The van der Waals surface area contributed by atoms with E-state index in [4.69, 9.17) is 16.6 Å². The van der Waals surface area contributed by atoms with Crippen molar-refractivity contribution >= 4 is 34.2 Å². The van der Waals surface area contributed by atoms with Crippen molar-refractivity contribution in [2.45, 2.75) is 46.6 Å². The van der Waals surface area contributed by atoms with E-state index in [1.54, 1.807) is 0 Å². The van der Waals surface area contributed by atoms with Crippen LogP contribution in [0, 0.1) is 5.92 Å². The van der Waals surface area contributed by atoms with Gasteiger partial charge < -0.3 is 10.2 Å². The lowest BCUT2D eigenvalue weighted by Gasteiger charge is -2.27. The van der Waals surface area contributed by atoms with Crippen molar-refractivity contribution in [1.82, 2.24) is 15.3 Å². The largest absolute Gasteiger partial charge is 0.355 e. The monoisotopic (exact) mass is 438 g/mol. The Morgan fingerprint density at radius 2 is 1.84 bits per heavy atom. The number of nitrogens with one attached hydrogen (secondary N) is 1. The van der Waals surface area contributed by atoms with Gasteiger partial charge in [-0.3, -0.25) is 4.79 Å². The molecular weight excluding hydrogens is 408 g/mol. The van der Waals surface area contributed by atoms with E-state index in [1.165, 1.54) is 0 Å². The number of aryl methyl sites for hydroxylation is 1. The smallest absolute Gasteiger partial charge is 0.222 e. The van der Waals surface area contributed by atoms with Crippen LogP contribution in [0.3, 0.4) is 0 Å². The number of fused-ring (bicyclic) bond motifs is 1. The van der Waals surface area contributed by atoms with Crippen LogP contribution in [0.25, 0.3) is 10.9 Å². The molecule has 1 amide bonds. The number of hydrogen-bond acceptors (Lipinski definition) is 4. The molecule has 6 heteroatoms. The lowest BCUT2D eigenvalue weighted by molar-refractivity contribution is -0.121. The third-order valence-electron chi connectivity index (χ3n) is 5.17. The predicted octanol–water partition coefficient (Wildman–Crippen LogP) is 5.58. The van der Waals surface area contributed by atoms with E-state index in [-0.39, 0.29) is 11.9 Å². The number of benzene rings is 2. The number of hydrogen-bond donors (Lipinski definition) is 1. The Labute approximate surface area is 189 Å². The van der Waals surface area contributed by atoms with E-state index in [1.807, 2.05) is 62.4 Å². The standard InChI is InChI=1S/C25H31ClN4O/c1-5-23-28-22-15-20(26)11-12-21(22)25(29-23)30(16-17(2)3)14-13-24(31)27-18(4)19-9-7-6-8-10-19/h6-12,15,17-18H,5,13-14,16H2,1-4H3,(H,27,31)/t18-/m1/s1. The molecule has 1 heterocycles. The highest BCUT2D eigenvalue weighted by Gasteiger charge is 2.18. The summed E-state index contributed by atoms with van der Waals surface area (Å²) in [5.41, 5.74) is 1.94. The van der Waals surface area contributed by atoms with Crippen molar-refractivity contribution in [3.8, 4) is 0 Å². The SMILES string of the molecule is CCc1nc(N(CCC(=O)N[C@H](C)c2ccccc2)CC(C)C)c2ccc(Cl)cc2n1. The van der Waals surface area contributed by atoms with Crippen LogP contribution < -0.4 is 10.2 Å². The zero-order valence-electron chi connectivity index (χ0n) is 18.7. The molecule has 31 heavy (non-hydrogen) atoms. The summed E-state index contributed by atoms with van der Waals surface area (Å²) in [6.07, 6.45) is 1.13. The van der Waals surface area contributed by atoms with Gasteiger partial charge in [0.05, 0.1) is 11.6 Å². The molecule has 1 N–H and O–H groups in total. The molecule has 0 fully saturated rings. The van der Waals surface area contributed by atoms with Gasteiger partial charge in [0.1, 0.15) is 11.6 Å². The number of carbonyl (C=O) groups is 1. The summed E-state index contributed by atoms with van der Waals surface area (Å²) in [5, 5.41) is 4.72. The summed E-state index contributed by atoms with van der Waals surface area (Å²) in [4.78, 5) is 24.4. The molecule has 0 radical (unpaired) electrons. The third kappa shape index (κ3) is 6.17. The summed E-state index contributed by atoms with van der Waals surface area (Å²) in [7, 11) is 0. The molecule has 0 saturated heterocycles. The van der Waals surface area contributed by atoms with Crippen LogP contribution >= 0.6 is 11.6 Å². The highest BCUT2D eigenvalue weighted by molar-refractivity contribution is 6.31. The summed E-state index contributed by atoms with van der Waals surface area (Å²) in [5.74, 6) is 2.10. The minimum Gasteiger partial charge on any atom is -0.355 e. The van der Waals surface area contributed by atoms with Crippen LogP contribution in [0.5, 0.6) is 0 Å². The Balaban J connectivity index is 1.80. The van der Waals surface area contributed by atoms with Crippen LogP contribution in [0.15, 0.2) is 48.5 Å². The second kappa shape index (κ2) is 10.6. The second-order valence-electron chi connectivity index (χ2n) is 8.27. The van der Waals surface area contributed by atoms with E-state index in [2.05, 4.69) is 29.0 Å². The minimum atomic E-state index is -0.0269. The Bertz CT molecular complexity index is 1020. The van der Waals surface area contributed by atoms with Gasteiger partial charge in [0.15, 0.2) is 0 Å². The maximum Gasteiger partial charge on any atom is 0.222 e. The lowest BCUT2D eigenvalue weighted by Crippen LogP contribution is -2.34. The van der Waals surface area contributed by atoms with Crippen LogP contribution in [0.1, 0.15) is 51.5 Å². The average Bonchev–Trinajstić information content (AvgIpc) is 2.75. The zero-order chi connectivity index (χ0) is 22.4. The van der Waals surface area contributed by atoms with Crippen molar-refractivity contribution in [3.05, 3.63) is 64.9 Å². The van der Waals surface area contributed by atoms with Gasteiger partial charge in [0, 0.05) is 36.3 Å². The Morgan fingerprint density at radius 1 is 1.10 bits per heavy atom. The molecular formula is C25H31ClN4O. The molecule has 1 atom stereocenters. The number of nitrogens with zero attached hydrogens (tertiary/aromatic N) is 3. The summed E-state index contributed by atoms with van der Waals surface area (Å²) < 4.78 is 0. The van der Waals surface area contributed by atoms with E-state index in [9.17, 15) is 4.79 Å². The normalized spacial score (nSPS) is 12.2. The number of rotatable bonds is 9. The molecule has 164 valence electrons. The van der Waals surface area contributed by atoms with Gasteiger partial charge in [0.2, 0.25) is 5.91 Å². The predicted molar refractivity (Wildman–Crippen MR) is 129 cm³/mol. The molecule has 0 aliphatic heterocycles. The van der Waals surface area contributed by atoms with Crippen LogP contribution in [-0.2, 0) is 11.2 Å². The maximum absolute atomic E-state index is 12.7. The molecule has 0 bridgehead atoms. The number of carbonyl (C=O) groups excluding carboxylic acids is 1. The molecule has 0 unspecified atom stereocenters. The van der Waals surface area contributed by atoms with Gasteiger partial charge in [-0.25, -0.2) is 9.97 Å². The molecule has 3 rings (SSSR count). The third-order valence-corrected chi connectivity index (χ3v) is 5.41. The first-order valence-electron chi connectivity index (χ1n) is 10.9. The molecule has 2 aromatic carbocycles.